The van der Waals surface area contributed by atoms with Gasteiger partial charge in [-0.15, -0.1) is 0 Å². The first-order valence-corrected chi connectivity index (χ1v) is 6.89. The highest BCUT2D eigenvalue weighted by Gasteiger charge is 2.07. The van der Waals surface area contributed by atoms with Crippen molar-refractivity contribution in [1.29, 1.82) is 0 Å². The molecule has 0 aliphatic heterocycles. The largest absolute Gasteiger partial charge is 0.458 e. The summed E-state index contributed by atoms with van der Waals surface area (Å²) in [7, 11) is 0. The van der Waals surface area contributed by atoms with Crippen molar-refractivity contribution in [2.24, 2.45) is 0 Å². The number of benzene rings is 1. The van der Waals surface area contributed by atoms with Gasteiger partial charge in [0.05, 0.1) is 0 Å². The molecule has 0 spiro atoms. The SMILES string of the molecule is C=CCOC(=O)/C(C)=C/C=C(\C)C(=O)OCc1ccccc1. The number of hydrogen-bond acceptors (Lipinski definition) is 4. The van der Waals surface area contributed by atoms with E-state index in [-0.39, 0.29) is 13.2 Å². The number of hydrogen-bond donors (Lipinski definition) is 0. The van der Waals surface area contributed by atoms with E-state index < -0.39 is 11.9 Å². The van der Waals surface area contributed by atoms with Crippen molar-refractivity contribution in [2.45, 2.75) is 20.5 Å². The van der Waals surface area contributed by atoms with Gasteiger partial charge in [-0.25, -0.2) is 9.59 Å². The smallest absolute Gasteiger partial charge is 0.334 e. The second kappa shape index (κ2) is 9.34. The van der Waals surface area contributed by atoms with Crippen LogP contribution in [0.3, 0.4) is 0 Å². The van der Waals surface area contributed by atoms with E-state index in [0.717, 1.165) is 5.56 Å². The second-order valence-electron chi connectivity index (χ2n) is 4.65. The Morgan fingerprint density at radius 3 is 2.09 bits per heavy atom. The monoisotopic (exact) mass is 300 g/mol. The minimum absolute atomic E-state index is 0.159. The quantitative estimate of drug-likeness (QED) is 0.335. The van der Waals surface area contributed by atoms with Gasteiger partial charge >= 0.3 is 11.9 Å². The van der Waals surface area contributed by atoms with E-state index in [0.29, 0.717) is 11.1 Å². The molecule has 0 saturated heterocycles. The molecule has 4 nitrogen and oxygen atoms in total. The van der Waals surface area contributed by atoms with Crippen molar-refractivity contribution < 1.29 is 19.1 Å². The van der Waals surface area contributed by atoms with Gasteiger partial charge in [-0.3, -0.25) is 0 Å². The average Bonchev–Trinajstić information content (AvgIpc) is 2.55. The highest BCUT2D eigenvalue weighted by atomic mass is 16.5. The Kier molecular flexibility index (Phi) is 7.40. The van der Waals surface area contributed by atoms with Crippen LogP contribution in [0.25, 0.3) is 0 Å². The van der Waals surface area contributed by atoms with Crippen molar-refractivity contribution in [3.8, 4) is 0 Å². The Balaban J connectivity index is 2.54. The lowest BCUT2D eigenvalue weighted by Crippen LogP contribution is -2.07. The molecule has 22 heavy (non-hydrogen) atoms. The lowest BCUT2D eigenvalue weighted by atomic mass is 10.2. The van der Waals surface area contributed by atoms with Crippen LogP contribution in [0.2, 0.25) is 0 Å². The van der Waals surface area contributed by atoms with Gasteiger partial charge in [-0.05, 0) is 19.4 Å². The molecule has 0 saturated carbocycles. The van der Waals surface area contributed by atoms with Gasteiger partial charge in [-0.1, -0.05) is 55.1 Å². The third kappa shape index (κ3) is 6.22. The molecule has 0 atom stereocenters. The molecule has 116 valence electrons. The summed E-state index contributed by atoms with van der Waals surface area (Å²) >= 11 is 0. The zero-order valence-corrected chi connectivity index (χ0v) is 12.9. The van der Waals surface area contributed by atoms with E-state index >= 15 is 0 Å². The van der Waals surface area contributed by atoms with Gasteiger partial charge < -0.3 is 9.47 Å². The maximum atomic E-state index is 11.8. The molecule has 0 aromatic heterocycles. The van der Waals surface area contributed by atoms with Gasteiger partial charge in [-0.2, -0.15) is 0 Å². The molecule has 1 aromatic carbocycles. The standard InChI is InChI=1S/C18H20O4/c1-4-12-21-17(19)14(2)10-11-15(3)18(20)22-13-16-8-6-5-7-9-16/h4-11H,1,12-13H2,2-3H3/b14-10+,15-11+. The number of esters is 2. The van der Waals surface area contributed by atoms with Crippen molar-refractivity contribution in [1.82, 2.24) is 0 Å². The van der Waals surface area contributed by atoms with E-state index in [9.17, 15) is 9.59 Å². The molecular weight excluding hydrogens is 280 g/mol. The first-order valence-electron chi connectivity index (χ1n) is 6.89. The Hall–Kier alpha value is -2.62. The fraction of sp³-hybridized carbons (Fsp3) is 0.222. The van der Waals surface area contributed by atoms with Crippen LogP contribution in [0.4, 0.5) is 0 Å². The van der Waals surface area contributed by atoms with Crippen LogP contribution >= 0.6 is 0 Å². The summed E-state index contributed by atoms with van der Waals surface area (Å²) in [6.45, 7) is 7.09. The van der Waals surface area contributed by atoms with Gasteiger partial charge in [0, 0.05) is 11.1 Å². The molecule has 4 heteroatoms. The number of allylic oxidation sites excluding steroid dienone is 2. The van der Waals surface area contributed by atoms with Crippen molar-refractivity contribution in [3.05, 3.63) is 71.8 Å². The topological polar surface area (TPSA) is 52.6 Å². The molecular formula is C18H20O4. The lowest BCUT2D eigenvalue weighted by molar-refractivity contribution is -0.140. The third-order valence-electron chi connectivity index (χ3n) is 2.77. The normalized spacial score (nSPS) is 11.7. The molecule has 0 unspecified atom stereocenters. The van der Waals surface area contributed by atoms with E-state index in [2.05, 4.69) is 6.58 Å². The fourth-order valence-corrected chi connectivity index (χ4v) is 1.47. The summed E-state index contributed by atoms with van der Waals surface area (Å²) in [5.41, 5.74) is 1.73. The molecule has 0 fully saturated rings. The minimum Gasteiger partial charge on any atom is -0.458 e. The van der Waals surface area contributed by atoms with Crippen LogP contribution in [-0.2, 0) is 25.7 Å². The molecule has 0 aliphatic carbocycles. The van der Waals surface area contributed by atoms with Crippen LogP contribution in [0.5, 0.6) is 0 Å². The summed E-state index contributed by atoms with van der Waals surface area (Å²) in [5.74, 6) is -0.867. The van der Waals surface area contributed by atoms with Crippen LogP contribution in [0.15, 0.2) is 66.3 Å². The Bertz CT molecular complexity index is 582. The Morgan fingerprint density at radius 1 is 1.00 bits per heavy atom. The second-order valence-corrected chi connectivity index (χ2v) is 4.65. The number of ether oxygens (including phenoxy) is 2. The molecule has 0 aliphatic rings. The molecule has 1 aromatic rings. The van der Waals surface area contributed by atoms with Crippen molar-refractivity contribution in [3.63, 3.8) is 0 Å². The maximum absolute atomic E-state index is 11.8. The predicted octanol–water partition coefficient (Wildman–Crippen LogP) is 3.35. The van der Waals surface area contributed by atoms with Gasteiger partial charge in [0.1, 0.15) is 13.2 Å². The van der Waals surface area contributed by atoms with E-state index in [1.165, 1.54) is 18.2 Å². The van der Waals surface area contributed by atoms with Crippen molar-refractivity contribution >= 4 is 11.9 Å². The molecule has 0 amide bonds. The van der Waals surface area contributed by atoms with Gasteiger partial charge in [0.2, 0.25) is 0 Å². The van der Waals surface area contributed by atoms with Crippen LogP contribution in [-0.4, -0.2) is 18.5 Å². The summed E-state index contributed by atoms with van der Waals surface area (Å²) in [6, 6.07) is 9.42. The van der Waals surface area contributed by atoms with Crippen molar-refractivity contribution in [2.75, 3.05) is 6.61 Å². The third-order valence-corrected chi connectivity index (χ3v) is 2.77. The first-order chi connectivity index (χ1) is 10.5. The zero-order valence-electron chi connectivity index (χ0n) is 12.9. The lowest BCUT2D eigenvalue weighted by Gasteiger charge is -2.04. The first kappa shape index (κ1) is 17.4. The molecule has 1 rings (SSSR count). The number of rotatable bonds is 7. The summed E-state index contributed by atoms with van der Waals surface area (Å²) in [4.78, 5) is 23.3. The van der Waals surface area contributed by atoms with Crippen LogP contribution < -0.4 is 0 Å². The maximum Gasteiger partial charge on any atom is 0.334 e. The molecule has 0 radical (unpaired) electrons. The average molecular weight is 300 g/mol. The minimum atomic E-state index is -0.443. The van der Waals surface area contributed by atoms with Crippen LogP contribution in [0.1, 0.15) is 19.4 Å². The van der Waals surface area contributed by atoms with E-state index in [4.69, 9.17) is 9.47 Å². The zero-order chi connectivity index (χ0) is 16.4. The number of carbonyl (C=O) groups excluding carboxylic acids is 2. The summed E-state index contributed by atoms with van der Waals surface area (Å²) in [6.07, 6.45) is 4.57. The highest BCUT2D eigenvalue weighted by molar-refractivity contribution is 5.90. The Labute approximate surface area is 130 Å². The molecule has 0 bridgehead atoms. The van der Waals surface area contributed by atoms with Crippen LogP contribution in [0, 0.1) is 0 Å². The number of carbonyl (C=O) groups is 2. The summed E-state index contributed by atoms with van der Waals surface area (Å²) in [5, 5.41) is 0. The fourth-order valence-electron chi connectivity index (χ4n) is 1.47. The Morgan fingerprint density at radius 2 is 1.55 bits per heavy atom. The predicted molar refractivity (Wildman–Crippen MR) is 84.9 cm³/mol. The van der Waals surface area contributed by atoms with Gasteiger partial charge in [0.25, 0.3) is 0 Å². The summed E-state index contributed by atoms with van der Waals surface area (Å²) < 4.78 is 10.1. The molecule has 0 heterocycles. The molecule has 0 N–H and O–H groups in total. The van der Waals surface area contributed by atoms with E-state index in [1.54, 1.807) is 13.8 Å². The van der Waals surface area contributed by atoms with E-state index in [1.807, 2.05) is 30.3 Å². The van der Waals surface area contributed by atoms with Gasteiger partial charge in [0.15, 0.2) is 0 Å². The highest BCUT2D eigenvalue weighted by Crippen LogP contribution is 2.06.